The molecule has 3 N–H and O–H groups in total. The second kappa shape index (κ2) is 8.54. The minimum atomic E-state index is -4.98. The zero-order valence-corrected chi connectivity index (χ0v) is 13.1. The van der Waals surface area contributed by atoms with Gasteiger partial charge in [0, 0.05) is 19.3 Å². The lowest BCUT2D eigenvalue weighted by Gasteiger charge is -2.16. The Balaban J connectivity index is 0.00000529. The van der Waals surface area contributed by atoms with Crippen LogP contribution in [-0.4, -0.2) is 25.7 Å². The maximum absolute atomic E-state index is 12.7. The fourth-order valence-corrected chi connectivity index (χ4v) is 1.71. The van der Waals surface area contributed by atoms with Crippen LogP contribution in [0.3, 0.4) is 0 Å². The van der Waals surface area contributed by atoms with Crippen LogP contribution in [0.25, 0.3) is 0 Å². The van der Waals surface area contributed by atoms with E-state index >= 15 is 0 Å². The number of carbonyl (C=O) groups excluding carboxylic acids is 1. The molecular weight excluding hydrogens is 366 g/mol. The number of nitrogens with one attached hydrogen (secondary N) is 1. The first kappa shape index (κ1) is 22.5. The van der Waals surface area contributed by atoms with E-state index in [1.807, 2.05) is 5.32 Å². The SMILES string of the molecule is COC(CN)CC(=O)Nc1cc(C(F)(F)F)cc(C(F)(F)F)c1.Cl. The first-order valence-corrected chi connectivity index (χ1v) is 6.29. The summed E-state index contributed by atoms with van der Waals surface area (Å²) in [6.45, 7) is -0.0275. The number of methoxy groups -OCH3 is 1. The molecule has 0 saturated carbocycles. The predicted octanol–water partition coefficient (Wildman–Crippen LogP) is 3.45. The predicted molar refractivity (Wildman–Crippen MR) is 76.8 cm³/mol. The Morgan fingerprint density at radius 3 is 1.92 bits per heavy atom. The van der Waals surface area contributed by atoms with Crippen LogP contribution in [0.5, 0.6) is 0 Å². The molecule has 0 aliphatic heterocycles. The lowest BCUT2D eigenvalue weighted by atomic mass is 10.1. The highest BCUT2D eigenvalue weighted by atomic mass is 35.5. The molecule has 0 radical (unpaired) electrons. The quantitative estimate of drug-likeness (QED) is 0.769. The summed E-state index contributed by atoms with van der Waals surface area (Å²) in [6, 6.07) is 0.836. The van der Waals surface area contributed by atoms with Crippen molar-refractivity contribution in [3.63, 3.8) is 0 Å². The molecule has 1 aromatic carbocycles. The highest BCUT2D eigenvalue weighted by molar-refractivity contribution is 5.91. The molecule has 0 spiro atoms. The summed E-state index contributed by atoms with van der Waals surface area (Å²) in [4.78, 5) is 11.7. The molecular formula is C13H15ClF6N2O2. The fourth-order valence-electron chi connectivity index (χ4n) is 1.71. The Hall–Kier alpha value is -1.52. The molecule has 0 aliphatic carbocycles. The molecule has 0 aromatic heterocycles. The van der Waals surface area contributed by atoms with Crippen LogP contribution in [0, 0.1) is 0 Å². The van der Waals surface area contributed by atoms with Crippen molar-refractivity contribution in [2.75, 3.05) is 19.0 Å². The van der Waals surface area contributed by atoms with Gasteiger partial charge >= 0.3 is 12.4 Å². The number of ether oxygens (including phenoxy) is 1. The Kier molecular flexibility index (Phi) is 8.00. The van der Waals surface area contributed by atoms with Crippen molar-refractivity contribution < 1.29 is 35.9 Å². The summed E-state index contributed by atoms with van der Waals surface area (Å²) in [5, 5.41) is 1.99. The number of nitrogens with two attached hydrogens (primary N) is 1. The molecule has 0 saturated heterocycles. The fraction of sp³-hybridized carbons (Fsp3) is 0.462. The Morgan fingerprint density at radius 1 is 1.12 bits per heavy atom. The molecule has 4 nitrogen and oxygen atoms in total. The molecule has 1 aromatic rings. The third kappa shape index (κ3) is 6.54. The maximum atomic E-state index is 12.7. The van der Waals surface area contributed by atoms with E-state index in [-0.39, 0.29) is 31.4 Å². The number of rotatable bonds is 5. The molecule has 0 fully saturated rings. The molecule has 11 heteroatoms. The van der Waals surface area contributed by atoms with Gasteiger partial charge in [-0.3, -0.25) is 4.79 Å². The highest BCUT2D eigenvalue weighted by Crippen LogP contribution is 2.37. The number of alkyl halides is 6. The van der Waals surface area contributed by atoms with Gasteiger partial charge in [-0.15, -0.1) is 12.4 Å². The van der Waals surface area contributed by atoms with Crippen molar-refractivity contribution in [3.05, 3.63) is 29.3 Å². The lowest BCUT2D eigenvalue weighted by Crippen LogP contribution is -2.28. The Bertz CT molecular complexity index is 526. The van der Waals surface area contributed by atoms with Crippen LogP contribution >= 0.6 is 12.4 Å². The molecule has 138 valence electrons. The largest absolute Gasteiger partial charge is 0.416 e. The molecule has 1 unspecified atom stereocenters. The molecule has 0 heterocycles. The molecule has 1 amide bonds. The summed E-state index contributed by atoms with van der Waals surface area (Å²) in [5.74, 6) is -0.810. The van der Waals surface area contributed by atoms with E-state index in [4.69, 9.17) is 10.5 Å². The van der Waals surface area contributed by atoms with Gasteiger partial charge in [0.05, 0.1) is 23.7 Å². The van der Waals surface area contributed by atoms with Crippen LogP contribution in [0.2, 0.25) is 0 Å². The minimum absolute atomic E-state index is 0. The van der Waals surface area contributed by atoms with Gasteiger partial charge in [-0.1, -0.05) is 0 Å². The standard InChI is InChI=1S/C13H14F6N2O2.ClH/c1-23-10(6-20)5-11(22)21-9-3-7(12(14,15)16)2-8(4-9)13(17,18)19;/h2-4,10H,5-6,20H2,1H3,(H,21,22);1H. The normalized spacial score (nSPS) is 13.2. The smallest absolute Gasteiger partial charge is 0.380 e. The van der Waals surface area contributed by atoms with Crippen LogP contribution in [0.4, 0.5) is 32.0 Å². The van der Waals surface area contributed by atoms with E-state index < -0.39 is 41.2 Å². The number of hydrogen-bond acceptors (Lipinski definition) is 3. The molecule has 0 aliphatic rings. The van der Waals surface area contributed by atoms with E-state index in [9.17, 15) is 31.1 Å². The van der Waals surface area contributed by atoms with E-state index in [1.165, 1.54) is 7.11 Å². The van der Waals surface area contributed by atoms with Gasteiger partial charge in [-0.25, -0.2) is 0 Å². The topological polar surface area (TPSA) is 64.3 Å². The number of amides is 1. The Morgan fingerprint density at radius 2 is 1.58 bits per heavy atom. The van der Waals surface area contributed by atoms with E-state index in [1.54, 1.807) is 0 Å². The average Bonchev–Trinajstić information content (AvgIpc) is 2.42. The van der Waals surface area contributed by atoms with Crippen molar-refractivity contribution in [1.82, 2.24) is 0 Å². The number of anilines is 1. The van der Waals surface area contributed by atoms with Gasteiger partial charge in [0.1, 0.15) is 0 Å². The van der Waals surface area contributed by atoms with Gasteiger partial charge in [0.2, 0.25) is 5.91 Å². The van der Waals surface area contributed by atoms with E-state index in [2.05, 4.69) is 0 Å². The van der Waals surface area contributed by atoms with Crippen molar-refractivity contribution in [1.29, 1.82) is 0 Å². The molecule has 1 rings (SSSR count). The summed E-state index contributed by atoms with van der Waals surface area (Å²) in [7, 11) is 1.27. The van der Waals surface area contributed by atoms with Crippen LogP contribution in [-0.2, 0) is 21.9 Å². The van der Waals surface area contributed by atoms with Gasteiger partial charge in [-0.2, -0.15) is 26.3 Å². The average molecular weight is 381 g/mol. The maximum Gasteiger partial charge on any atom is 0.416 e. The minimum Gasteiger partial charge on any atom is -0.380 e. The summed E-state index contributed by atoms with van der Waals surface area (Å²) >= 11 is 0. The highest BCUT2D eigenvalue weighted by Gasteiger charge is 2.37. The van der Waals surface area contributed by atoms with Crippen molar-refractivity contribution >= 4 is 24.0 Å². The van der Waals surface area contributed by atoms with Crippen molar-refractivity contribution in [2.45, 2.75) is 24.9 Å². The van der Waals surface area contributed by atoms with Gasteiger partial charge in [0.25, 0.3) is 0 Å². The molecule has 24 heavy (non-hydrogen) atoms. The zero-order valence-electron chi connectivity index (χ0n) is 12.3. The van der Waals surface area contributed by atoms with Crippen molar-refractivity contribution in [3.8, 4) is 0 Å². The van der Waals surface area contributed by atoms with Gasteiger partial charge in [0.15, 0.2) is 0 Å². The van der Waals surface area contributed by atoms with Gasteiger partial charge < -0.3 is 15.8 Å². The van der Waals surface area contributed by atoms with E-state index in [0.717, 1.165) is 0 Å². The first-order valence-electron chi connectivity index (χ1n) is 6.29. The second-order valence-electron chi connectivity index (χ2n) is 4.64. The number of hydrogen-bond donors (Lipinski definition) is 2. The molecule has 1 atom stereocenters. The summed E-state index contributed by atoms with van der Waals surface area (Å²) in [5.41, 5.74) is 1.66. The monoisotopic (exact) mass is 380 g/mol. The zero-order chi connectivity index (χ0) is 17.8. The van der Waals surface area contributed by atoms with Crippen LogP contribution < -0.4 is 11.1 Å². The number of carbonyl (C=O) groups is 1. The van der Waals surface area contributed by atoms with Crippen LogP contribution in [0.15, 0.2) is 18.2 Å². The summed E-state index contributed by atoms with van der Waals surface area (Å²) in [6.07, 6.45) is -11.0. The third-order valence-corrected chi connectivity index (χ3v) is 2.88. The molecule has 0 bridgehead atoms. The number of halogens is 7. The van der Waals surface area contributed by atoms with Crippen LogP contribution in [0.1, 0.15) is 17.5 Å². The summed E-state index contributed by atoms with van der Waals surface area (Å²) < 4.78 is 80.9. The number of benzene rings is 1. The van der Waals surface area contributed by atoms with Gasteiger partial charge in [-0.05, 0) is 18.2 Å². The van der Waals surface area contributed by atoms with E-state index in [0.29, 0.717) is 12.1 Å². The lowest BCUT2D eigenvalue weighted by molar-refractivity contribution is -0.143. The second-order valence-corrected chi connectivity index (χ2v) is 4.64. The third-order valence-electron chi connectivity index (χ3n) is 2.88. The van der Waals surface area contributed by atoms with Crippen molar-refractivity contribution in [2.24, 2.45) is 5.73 Å². The first-order chi connectivity index (χ1) is 10.5. The Labute approximate surface area is 139 Å².